The number of nitrogens with one attached hydrogen (secondary N) is 2. The Hall–Kier alpha value is -2.87. The molecule has 0 radical (unpaired) electrons. The summed E-state index contributed by atoms with van der Waals surface area (Å²) in [5.41, 5.74) is 5.05. The molecule has 4 rings (SSSR count). The summed E-state index contributed by atoms with van der Waals surface area (Å²) in [6.45, 7) is 0.402. The van der Waals surface area contributed by atoms with Crippen LogP contribution in [0.25, 0.3) is 0 Å². The zero-order valence-electron chi connectivity index (χ0n) is 14.3. The highest BCUT2D eigenvalue weighted by molar-refractivity contribution is 7.07. The fourth-order valence-corrected chi connectivity index (χ4v) is 3.22. The van der Waals surface area contributed by atoms with Gasteiger partial charge in [-0.1, -0.05) is 6.07 Å². The van der Waals surface area contributed by atoms with Gasteiger partial charge in [0, 0.05) is 36.3 Å². The zero-order valence-corrected chi connectivity index (χ0v) is 15.1. The predicted octanol–water partition coefficient (Wildman–Crippen LogP) is 3.98. The molecular weight excluding hydrogens is 350 g/mol. The normalized spacial score (nSPS) is 13.4. The SMILES string of the molecule is Cn1cc(NC(=O)Nc2cccc(OCc3cscn3)c2)c(C2CC2)n1. The largest absolute Gasteiger partial charge is 0.487 e. The number of aryl methyl sites for hydroxylation is 1. The van der Waals surface area contributed by atoms with E-state index in [0.717, 1.165) is 29.9 Å². The number of hydrogen-bond donors (Lipinski definition) is 2. The van der Waals surface area contributed by atoms with E-state index in [2.05, 4.69) is 20.7 Å². The first kappa shape index (κ1) is 16.6. The number of aromatic nitrogens is 3. The van der Waals surface area contributed by atoms with Crippen molar-refractivity contribution in [1.29, 1.82) is 0 Å². The topological polar surface area (TPSA) is 81.1 Å². The molecule has 2 aromatic heterocycles. The van der Waals surface area contributed by atoms with Crippen LogP contribution in [0.2, 0.25) is 0 Å². The molecular formula is C18H19N5O2S. The lowest BCUT2D eigenvalue weighted by molar-refractivity contribution is 0.262. The van der Waals surface area contributed by atoms with Crippen molar-refractivity contribution in [2.45, 2.75) is 25.4 Å². The van der Waals surface area contributed by atoms with Crippen LogP contribution in [-0.2, 0) is 13.7 Å². The molecule has 0 atom stereocenters. The Morgan fingerprint density at radius 2 is 2.27 bits per heavy atom. The summed E-state index contributed by atoms with van der Waals surface area (Å²) in [6.07, 6.45) is 4.10. The molecule has 3 aromatic rings. The average Bonchev–Trinajstić information content (AvgIpc) is 3.20. The maximum Gasteiger partial charge on any atom is 0.323 e. The zero-order chi connectivity index (χ0) is 17.9. The minimum Gasteiger partial charge on any atom is -0.487 e. The molecule has 7 nitrogen and oxygen atoms in total. The van der Waals surface area contributed by atoms with Crippen LogP contribution < -0.4 is 15.4 Å². The van der Waals surface area contributed by atoms with Gasteiger partial charge in [0.2, 0.25) is 0 Å². The minimum absolute atomic E-state index is 0.295. The van der Waals surface area contributed by atoms with Crippen LogP contribution in [0.5, 0.6) is 5.75 Å². The van der Waals surface area contributed by atoms with E-state index in [0.29, 0.717) is 24.0 Å². The van der Waals surface area contributed by atoms with Crippen molar-refractivity contribution in [3.8, 4) is 5.75 Å². The van der Waals surface area contributed by atoms with Crippen LogP contribution in [0, 0.1) is 0 Å². The molecule has 1 aliphatic rings. The van der Waals surface area contributed by atoms with Gasteiger partial charge in [0.25, 0.3) is 0 Å². The van der Waals surface area contributed by atoms with E-state index in [-0.39, 0.29) is 6.03 Å². The van der Waals surface area contributed by atoms with Gasteiger partial charge in [-0.25, -0.2) is 9.78 Å². The fourth-order valence-electron chi connectivity index (χ4n) is 2.67. The Bertz CT molecular complexity index is 902. The minimum atomic E-state index is -0.295. The van der Waals surface area contributed by atoms with E-state index in [1.54, 1.807) is 16.3 Å². The Morgan fingerprint density at radius 1 is 1.38 bits per heavy atom. The Labute approximate surface area is 155 Å². The van der Waals surface area contributed by atoms with Gasteiger partial charge in [-0.3, -0.25) is 4.68 Å². The molecule has 8 heteroatoms. The molecule has 1 aromatic carbocycles. The molecule has 0 bridgehead atoms. The van der Waals surface area contributed by atoms with Crippen molar-refractivity contribution in [3.05, 3.63) is 52.7 Å². The highest BCUT2D eigenvalue weighted by Gasteiger charge is 2.29. The van der Waals surface area contributed by atoms with Crippen molar-refractivity contribution in [2.75, 3.05) is 10.6 Å². The van der Waals surface area contributed by atoms with E-state index in [4.69, 9.17) is 4.74 Å². The molecule has 2 N–H and O–H groups in total. The van der Waals surface area contributed by atoms with Gasteiger partial charge in [-0.05, 0) is 25.0 Å². The van der Waals surface area contributed by atoms with E-state index in [9.17, 15) is 4.79 Å². The van der Waals surface area contributed by atoms with Crippen LogP contribution >= 0.6 is 11.3 Å². The molecule has 1 saturated carbocycles. The summed E-state index contributed by atoms with van der Waals surface area (Å²) >= 11 is 1.53. The van der Waals surface area contributed by atoms with E-state index in [1.807, 2.05) is 36.8 Å². The number of urea groups is 1. The second-order valence-corrected chi connectivity index (χ2v) is 6.97. The molecule has 0 saturated heterocycles. The second kappa shape index (κ2) is 7.17. The number of nitrogens with zero attached hydrogens (tertiary/aromatic N) is 3. The summed E-state index contributed by atoms with van der Waals surface area (Å²) < 4.78 is 7.44. The first-order valence-corrected chi connectivity index (χ1v) is 9.33. The summed E-state index contributed by atoms with van der Waals surface area (Å²) in [4.78, 5) is 16.5. The van der Waals surface area contributed by atoms with Crippen LogP contribution in [0.4, 0.5) is 16.2 Å². The molecule has 0 spiro atoms. The lowest BCUT2D eigenvalue weighted by atomic mass is 10.2. The van der Waals surface area contributed by atoms with Crippen LogP contribution in [-0.4, -0.2) is 20.8 Å². The number of hydrogen-bond acceptors (Lipinski definition) is 5. The van der Waals surface area contributed by atoms with Crippen molar-refractivity contribution in [2.24, 2.45) is 7.05 Å². The number of ether oxygens (including phenoxy) is 1. The van der Waals surface area contributed by atoms with Gasteiger partial charge >= 0.3 is 6.03 Å². The number of rotatable bonds is 6. The Kier molecular flexibility index (Phi) is 4.57. The molecule has 0 aliphatic heterocycles. The van der Waals surface area contributed by atoms with Gasteiger partial charge < -0.3 is 15.4 Å². The van der Waals surface area contributed by atoms with Crippen LogP contribution in [0.15, 0.2) is 41.4 Å². The van der Waals surface area contributed by atoms with Gasteiger partial charge in [0.1, 0.15) is 12.4 Å². The molecule has 2 amide bonds. The lowest BCUT2D eigenvalue weighted by Crippen LogP contribution is -2.19. The molecule has 26 heavy (non-hydrogen) atoms. The Morgan fingerprint density at radius 3 is 3.04 bits per heavy atom. The quantitative estimate of drug-likeness (QED) is 0.689. The maximum atomic E-state index is 12.3. The summed E-state index contributed by atoms with van der Waals surface area (Å²) in [5.74, 6) is 1.14. The fraction of sp³-hybridized carbons (Fsp3) is 0.278. The van der Waals surface area contributed by atoms with Gasteiger partial charge in [-0.15, -0.1) is 11.3 Å². The number of benzene rings is 1. The summed E-state index contributed by atoms with van der Waals surface area (Å²) in [7, 11) is 1.86. The monoisotopic (exact) mass is 369 g/mol. The third-order valence-electron chi connectivity index (χ3n) is 4.03. The standard InChI is InChI=1S/C18H19N5O2S/c1-23-8-16(17(22-23)12-5-6-12)21-18(24)20-13-3-2-4-15(7-13)25-9-14-10-26-11-19-14/h2-4,7-8,10-12H,5-6,9H2,1H3,(H2,20,21,24). The molecule has 1 fully saturated rings. The van der Waals surface area contributed by atoms with E-state index in [1.165, 1.54) is 11.3 Å². The predicted molar refractivity (Wildman–Crippen MR) is 101 cm³/mol. The number of amides is 2. The van der Waals surface area contributed by atoms with Crippen LogP contribution in [0.1, 0.15) is 30.1 Å². The Balaban J connectivity index is 1.37. The van der Waals surface area contributed by atoms with Crippen molar-refractivity contribution >= 4 is 28.7 Å². The average molecular weight is 369 g/mol. The molecule has 0 unspecified atom stereocenters. The third-order valence-corrected chi connectivity index (χ3v) is 4.67. The number of carbonyl (C=O) groups is 1. The van der Waals surface area contributed by atoms with Gasteiger partial charge in [0.05, 0.1) is 22.6 Å². The van der Waals surface area contributed by atoms with E-state index < -0.39 is 0 Å². The van der Waals surface area contributed by atoms with E-state index >= 15 is 0 Å². The second-order valence-electron chi connectivity index (χ2n) is 6.25. The number of carbonyl (C=O) groups excluding carboxylic acids is 1. The third kappa shape index (κ3) is 4.02. The molecule has 134 valence electrons. The first-order valence-electron chi connectivity index (χ1n) is 8.39. The maximum absolute atomic E-state index is 12.3. The van der Waals surface area contributed by atoms with Crippen LogP contribution in [0.3, 0.4) is 0 Å². The van der Waals surface area contributed by atoms with Crippen molar-refractivity contribution in [1.82, 2.24) is 14.8 Å². The first-order chi connectivity index (χ1) is 12.7. The number of anilines is 2. The highest BCUT2D eigenvalue weighted by Crippen LogP contribution is 2.42. The summed E-state index contributed by atoms with van der Waals surface area (Å²) in [6, 6.07) is 7.00. The smallest absolute Gasteiger partial charge is 0.323 e. The molecule has 2 heterocycles. The highest BCUT2D eigenvalue weighted by atomic mass is 32.1. The van der Waals surface area contributed by atoms with Gasteiger partial charge in [0.15, 0.2) is 0 Å². The van der Waals surface area contributed by atoms with Gasteiger partial charge in [-0.2, -0.15) is 5.10 Å². The summed E-state index contributed by atoms with van der Waals surface area (Å²) in [5, 5.41) is 12.1. The molecule has 1 aliphatic carbocycles. The number of thiazole rings is 1. The van der Waals surface area contributed by atoms with Crippen molar-refractivity contribution < 1.29 is 9.53 Å². The van der Waals surface area contributed by atoms with Crippen molar-refractivity contribution in [3.63, 3.8) is 0 Å². The lowest BCUT2D eigenvalue weighted by Gasteiger charge is -2.09.